The monoisotopic (exact) mass is 379 g/mol. The van der Waals surface area contributed by atoms with Crippen LogP contribution in [0.15, 0.2) is 59.4 Å². The molecular formula is C21H21N3O4. The number of amides is 1. The number of aryl methyl sites for hydroxylation is 1. The zero-order chi connectivity index (χ0) is 19.9. The Morgan fingerprint density at radius 3 is 2.61 bits per heavy atom. The SMILES string of the molecule is C[C@H](NC(=O)COC(=O)CCc1nc2ccccc2c(=O)[nH]1)c1ccccc1. The van der Waals surface area contributed by atoms with Gasteiger partial charge in [-0.15, -0.1) is 0 Å². The number of carbonyl (C=O) groups is 2. The largest absolute Gasteiger partial charge is 0.456 e. The number of carbonyl (C=O) groups excluding carboxylic acids is 2. The summed E-state index contributed by atoms with van der Waals surface area (Å²) in [6.45, 7) is 1.51. The Balaban J connectivity index is 1.47. The highest BCUT2D eigenvalue weighted by Gasteiger charge is 2.12. The molecule has 0 aliphatic heterocycles. The lowest BCUT2D eigenvalue weighted by Gasteiger charge is -2.14. The van der Waals surface area contributed by atoms with Crippen LogP contribution in [-0.4, -0.2) is 28.5 Å². The van der Waals surface area contributed by atoms with Crippen LogP contribution in [0.25, 0.3) is 10.9 Å². The van der Waals surface area contributed by atoms with Gasteiger partial charge in [-0.1, -0.05) is 42.5 Å². The van der Waals surface area contributed by atoms with E-state index in [0.29, 0.717) is 16.7 Å². The van der Waals surface area contributed by atoms with E-state index in [2.05, 4.69) is 15.3 Å². The standard InChI is InChI=1S/C21H21N3O4/c1-14(15-7-3-2-4-8-15)22-19(25)13-28-20(26)12-11-18-23-17-10-6-5-9-16(17)21(27)24-18/h2-10,14H,11-13H2,1H3,(H,22,25)(H,23,24,27)/t14-/m0/s1. The number of aromatic nitrogens is 2. The summed E-state index contributed by atoms with van der Waals surface area (Å²) in [5.41, 5.74) is 1.29. The average molecular weight is 379 g/mol. The lowest BCUT2D eigenvalue weighted by molar-refractivity contribution is -0.148. The van der Waals surface area contributed by atoms with Gasteiger partial charge in [0.1, 0.15) is 5.82 Å². The molecule has 3 rings (SSSR count). The van der Waals surface area contributed by atoms with Crippen LogP contribution in [0.1, 0.15) is 30.8 Å². The van der Waals surface area contributed by atoms with Gasteiger partial charge in [-0.3, -0.25) is 14.4 Å². The van der Waals surface area contributed by atoms with Crippen LogP contribution >= 0.6 is 0 Å². The maximum atomic E-state index is 12.0. The van der Waals surface area contributed by atoms with Crippen LogP contribution < -0.4 is 10.9 Å². The van der Waals surface area contributed by atoms with Crippen molar-refractivity contribution in [2.45, 2.75) is 25.8 Å². The van der Waals surface area contributed by atoms with Crippen LogP contribution in [0.4, 0.5) is 0 Å². The van der Waals surface area contributed by atoms with Crippen molar-refractivity contribution >= 4 is 22.8 Å². The summed E-state index contributed by atoms with van der Waals surface area (Å²) in [6, 6.07) is 16.3. The van der Waals surface area contributed by atoms with Crippen molar-refractivity contribution in [2.24, 2.45) is 0 Å². The van der Waals surface area contributed by atoms with Crippen LogP contribution in [0, 0.1) is 0 Å². The van der Waals surface area contributed by atoms with Gasteiger partial charge in [-0.25, -0.2) is 4.98 Å². The number of nitrogens with zero attached hydrogens (tertiary/aromatic N) is 1. The second-order valence-corrected chi connectivity index (χ2v) is 6.39. The summed E-state index contributed by atoms with van der Waals surface area (Å²) in [4.78, 5) is 42.9. The fourth-order valence-corrected chi connectivity index (χ4v) is 2.80. The Bertz CT molecular complexity index is 1030. The van der Waals surface area contributed by atoms with Gasteiger partial charge in [0.05, 0.1) is 23.4 Å². The third-order valence-electron chi connectivity index (χ3n) is 4.27. The third kappa shape index (κ3) is 5.03. The summed E-state index contributed by atoms with van der Waals surface area (Å²) >= 11 is 0. The predicted octanol–water partition coefficient (Wildman–Crippen LogP) is 2.28. The lowest BCUT2D eigenvalue weighted by Crippen LogP contribution is -2.31. The van der Waals surface area contributed by atoms with Crippen molar-refractivity contribution in [1.29, 1.82) is 0 Å². The molecule has 28 heavy (non-hydrogen) atoms. The molecule has 1 atom stereocenters. The minimum Gasteiger partial charge on any atom is -0.456 e. The van der Waals surface area contributed by atoms with Gasteiger partial charge in [0.2, 0.25) is 0 Å². The van der Waals surface area contributed by atoms with Gasteiger partial charge in [0, 0.05) is 6.42 Å². The lowest BCUT2D eigenvalue weighted by atomic mass is 10.1. The van der Waals surface area contributed by atoms with Crippen molar-refractivity contribution in [3.8, 4) is 0 Å². The molecule has 0 bridgehead atoms. The second-order valence-electron chi connectivity index (χ2n) is 6.39. The van der Waals surface area contributed by atoms with Crippen molar-refractivity contribution < 1.29 is 14.3 Å². The molecule has 0 saturated carbocycles. The normalized spacial score (nSPS) is 11.8. The first-order valence-electron chi connectivity index (χ1n) is 9.01. The molecule has 3 aromatic rings. The molecule has 0 radical (unpaired) electrons. The molecule has 0 aliphatic carbocycles. The summed E-state index contributed by atoms with van der Waals surface area (Å²) in [6.07, 6.45) is 0.240. The molecule has 1 amide bonds. The molecule has 7 nitrogen and oxygen atoms in total. The molecule has 144 valence electrons. The topological polar surface area (TPSA) is 101 Å². The molecule has 1 aromatic heterocycles. The fourth-order valence-electron chi connectivity index (χ4n) is 2.80. The maximum absolute atomic E-state index is 12.0. The van der Waals surface area contributed by atoms with Gasteiger partial charge >= 0.3 is 5.97 Å². The van der Waals surface area contributed by atoms with E-state index in [1.165, 1.54) is 0 Å². The minimum absolute atomic E-state index is 0.0167. The molecule has 0 unspecified atom stereocenters. The van der Waals surface area contributed by atoms with Crippen molar-refractivity contribution in [3.05, 3.63) is 76.3 Å². The highest BCUT2D eigenvalue weighted by atomic mass is 16.5. The third-order valence-corrected chi connectivity index (χ3v) is 4.27. The van der Waals surface area contributed by atoms with Gasteiger partial charge in [0.15, 0.2) is 6.61 Å². The van der Waals surface area contributed by atoms with Gasteiger partial charge in [-0.2, -0.15) is 0 Å². The van der Waals surface area contributed by atoms with Crippen molar-refractivity contribution in [2.75, 3.05) is 6.61 Å². The molecule has 0 spiro atoms. The Hall–Kier alpha value is -3.48. The van der Waals surface area contributed by atoms with E-state index >= 15 is 0 Å². The van der Waals surface area contributed by atoms with E-state index in [1.54, 1.807) is 24.3 Å². The second kappa shape index (κ2) is 8.94. The van der Waals surface area contributed by atoms with Crippen molar-refractivity contribution in [3.63, 3.8) is 0 Å². The predicted molar refractivity (Wildman–Crippen MR) is 105 cm³/mol. The maximum Gasteiger partial charge on any atom is 0.306 e. The first-order valence-corrected chi connectivity index (χ1v) is 9.01. The number of esters is 1. The Labute approximate surface area is 161 Å². The van der Waals surface area contributed by atoms with Gasteiger partial charge in [0.25, 0.3) is 11.5 Å². The van der Waals surface area contributed by atoms with E-state index in [9.17, 15) is 14.4 Å². The Morgan fingerprint density at radius 1 is 1.11 bits per heavy atom. The van der Waals surface area contributed by atoms with E-state index in [1.807, 2.05) is 37.3 Å². The summed E-state index contributed by atoms with van der Waals surface area (Å²) in [5.74, 6) is -0.497. The molecular weight excluding hydrogens is 358 g/mol. The summed E-state index contributed by atoms with van der Waals surface area (Å²) < 4.78 is 5.01. The number of ether oxygens (including phenoxy) is 1. The number of benzene rings is 2. The average Bonchev–Trinajstić information content (AvgIpc) is 2.71. The summed E-state index contributed by atoms with van der Waals surface area (Å²) in [5, 5.41) is 3.28. The number of hydrogen-bond donors (Lipinski definition) is 2. The van der Waals surface area contributed by atoms with Crippen LogP contribution in [-0.2, 0) is 20.7 Å². The summed E-state index contributed by atoms with van der Waals surface area (Å²) in [7, 11) is 0. The quantitative estimate of drug-likeness (QED) is 0.613. The minimum atomic E-state index is -0.529. The van der Waals surface area contributed by atoms with E-state index < -0.39 is 5.97 Å². The van der Waals surface area contributed by atoms with E-state index in [-0.39, 0.29) is 37.0 Å². The Kier molecular flexibility index (Phi) is 6.16. The molecule has 7 heteroatoms. The fraction of sp³-hybridized carbons (Fsp3) is 0.238. The number of hydrogen-bond acceptors (Lipinski definition) is 5. The number of para-hydroxylation sites is 1. The molecule has 1 heterocycles. The van der Waals surface area contributed by atoms with Crippen LogP contribution in [0.5, 0.6) is 0 Å². The highest BCUT2D eigenvalue weighted by molar-refractivity contribution is 5.81. The molecule has 0 saturated heterocycles. The molecule has 0 fully saturated rings. The first-order chi connectivity index (χ1) is 13.5. The molecule has 2 aromatic carbocycles. The van der Waals surface area contributed by atoms with E-state index in [4.69, 9.17) is 4.74 Å². The van der Waals surface area contributed by atoms with Crippen molar-refractivity contribution in [1.82, 2.24) is 15.3 Å². The zero-order valence-electron chi connectivity index (χ0n) is 15.5. The first kappa shape index (κ1) is 19.3. The van der Waals surface area contributed by atoms with Crippen LogP contribution in [0.2, 0.25) is 0 Å². The van der Waals surface area contributed by atoms with Gasteiger partial charge < -0.3 is 15.0 Å². The molecule has 0 aliphatic rings. The number of fused-ring (bicyclic) bond motifs is 1. The number of nitrogens with one attached hydrogen (secondary N) is 2. The van der Waals surface area contributed by atoms with Gasteiger partial charge in [-0.05, 0) is 24.6 Å². The smallest absolute Gasteiger partial charge is 0.306 e. The Morgan fingerprint density at radius 2 is 1.82 bits per heavy atom. The highest BCUT2D eigenvalue weighted by Crippen LogP contribution is 2.11. The molecule has 2 N–H and O–H groups in total. The number of H-pyrrole nitrogens is 1. The zero-order valence-corrected chi connectivity index (χ0v) is 15.5. The van der Waals surface area contributed by atoms with E-state index in [0.717, 1.165) is 5.56 Å². The number of aromatic amines is 1. The number of rotatable bonds is 7. The van der Waals surface area contributed by atoms with Crippen LogP contribution in [0.3, 0.4) is 0 Å².